The van der Waals surface area contributed by atoms with E-state index in [2.05, 4.69) is 10.1 Å². The van der Waals surface area contributed by atoms with Crippen LogP contribution in [0.2, 0.25) is 0 Å². The van der Waals surface area contributed by atoms with Crippen molar-refractivity contribution < 1.29 is 22.7 Å². The minimum atomic E-state index is -3.20. The second-order valence-electron chi connectivity index (χ2n) is 6.69. The van der Waals surface area contributed by atoms with Crippen LogP contribution in [0, 0.1) is 0 Å². The molecule has 2 atom stereocenters. The fraction of sp³-hybridized carbons (Fsp3) is 0.529. The Kier molecular flexibility index (Phi) is 4.83. The van der Waals surface area contributed by atoms with Gasteiger partial charge in [-0.2, -0.15) is 4.31 Å². The first kappa shape index (κ1) is 17.9. The van der Waals surface area contributed by atoms with Crippen molar-refractivity contribution in [2.45, 2.75) is 43.8 Å². The molecule has 0 aliphatic carbocycles. The van der Waals surface area contributed by atoms with E-state index in [9.17, 15) is 18.0 Å². The zero-order valence-corrected chi connectivity index (χ0v) is 15.1. The van der Waals surface area contributed by atoms with Gasteiger partial charge in [-0.15, -0.1) is 0 Å². The van der Waals surface area contributed by atoms with E-state index in [0.29, 0.717) is 24.0 Å². The van der Waals surface area contributed by atoms with E-state index >= 15 is 0 Å². The highest BCUT2D eigenvalue weighted by molar-refractivity contribution is 7.88. The zero-order valence-electron chi connectivity index (χ0n) is 14.3. The highest BCUT2D eigenvalue weighted by atomic mass is 32.2. The SMILES string of the molecule is COC(=O)c1ccc(C(=O)NC2CC3CCC(C2)N3S(C)(=O)=O)cc1. The molecule has 8 heteroatoms. The molecule has 1 aromatic rings. The Morgan fingerprint density at radius 3 is 2.08 bits per heavy atom. The molecular formula is C17H22N2O5S. The Morgan fingerprint density at radius 1 is 1.08 bits per heavy atom. The topological polar surface area (TPSA) is 92.8 Å². The van der Waals surface area contributed by atoms with Crippen molar-refractivity contribution in [2.24, 2.45) is 0 Å². The van der Waals surface area contributed by atoms with Crippen LogP contribution in [0.25, 0.3) is 0 Å². The standard InChI is InChI=1S/C17H22N2O5S/c1-24-17(21)12-5-3-11(4-6-12)16(20)18-13-9-14-7-8-15(10-13)19(14)25(2,22)23/h3-6,13-15H,7-10H2,1-2H3,(H,18,20). The summed E-state index contributed by atoms with van der Waals surface area (Å²) in [7, 11) is -1.90. The van der Waals surface area contributed by atoms with Gasteiger partial charge in [-0.25, -0.2) is 13.2 Å². The van der Waals surface area contributed by atoms with Gasteiger partial charge in [-0.05, 0) is 49.9 Å². The number of rotatable bonds is 4. The molecule has 2 aliphatic rings. The smallest absolute Gasteiger partial charge is 0.337 e. The first-order chi connectivity index (χ1) is 11.8. The Labute approximate surface area is 147 Å². The van der Waals surface area contributed by atoms with Crippen molar-refractivity contribution >= 4 is 21.9 Å². The molecule has 3 rings (SSSR count). The van der Waals surface area contributed by atoms with Crippen LogP contribution < -0.4 is 5.32 Å². The minimum Gasteiger partial charge on any atom is -0.465 e. The summed E-state index contributed by atoms with van der Waals surface area (Å²) < 4.78 is 30.1. The summed E-state index contributed by atoms with van der Waals surface area (Å²) in [6, 6.07) is 6.18. The van der Waals surface area contributed by atoms with E-state index < -0.39 is 16.0 Å². The Balaban J connectivity index is 1.64. The van der Waals surface area contributed by atoms with Gasteiger partial charge in [0.2, 0.25) is 10.0 Å². The average molecular weight is 366 g/mol. The number of hydrogen-bond donors (Lipinski definition) is 1. The Hall–Kier alpha value is -1.93. The fourth-order valence-electron chi connectivity index (χ4n) is 3.94. The number of nitrogens with one attached hydrogen (secondary N) is 1. The Bertz CT molecular complexity index is 761. The third-order valence-corrected chi connectivity index (χ3v) is 6.31. The van der Waals surface area contributed by atoms with E-state index in [4.69, 9.17) is 0 Å². The first-order valence-corrected chi connectivity index (χ1v) is 10.1. The van der Waals surface area contributed by atoms with Crippen LogP contribution in [0.1, 0.15) is 46.4 Å². The van der Waals surface area contributed by atoms with Gasteiger partial charge in [-0.1, -0.05) is 0 Å². The number of nitrogens with zero attached hydrogens (tertiary/aromatic N) is 1. The van der Waals surface area contributed by atoms with Gasteiger partial charge in [0.25, 0.3) is 5.91 Å². The molecule has 2 bridgehead atoms. The second kappa shape index (κ2) is 6.76. The first-order valence-electron chi connectivity index (χ1n) is 8.27. The minimum absolute atomic E-state index is 0.0271. The number of hydrogen-bond acceptors (Lipinski definition) is 5. The zero-order chi connectivity index (χ0) is 18.2. The van der Waals surface area contributed by atoms with E-state index in [1.54, 1.807) is 28.6 Å². The van der Waals surface area contributed by atoms with Gasteiger partial charge in [0, 0.05) is 23.7 Å². The van der Waals surface area contributed by atoms with Crippen molar-refractivity contribution in [1.82, 2.24) is 9.62 Å². The molecule has 2 aliphatic heterocycles. The normalized spacial score (nSPS) is 26.2. The quantitative estimate of drug-likeness (QED) is 0.807. The van der Waals surface area contributed by atoms with E-state index in [1.165, 1.54) is 13.4 Å². The number of ether oxygens (including phenoxy) is 1. The molecular weight excluding hydrogens is 344 g/mol. The average Bonchev–Trinajstić information content (AvgIpc) is 2.86. The van der Waals surface area contributed by atoms with Gasteiger partial charge in [0.15, 0.2) is 0 Å². The summed E-state index contributed by atoms with van der Waals surface area (Å²) in [5.74, 6) is -0.662. The van der Waals surface area contributed by atoms with Crippen LogP contribution in [0.15, 0.2) is 24.3 Å². The number of amides is 1. The lowest BCUT2D eigenvalue weighted by atomic mass is 9.99. The van der Waals surface area contributed by atoms with Crippen molar-refractivity contribution in [2.75, 3.05) is 13.4 Å². The predicted octanol–water partition coefficient (Wildman–Crippen LogP) is 1.16. The molecule has 25 heavy (non-hydrogen) atoms. The number of methoxy groups -OCH3 is 1. The summed E-state index contributed by atoms with van der Waals surface area (Å²) in [6.07, 6.45) is 4.21. The maximum Gasteiger partial charge on any atom is 0.337 e. The van der Waals surface area contributed by atoms with Crippen molar-refractivity contribution in [1.29, 1.82) is 0 Å². The summed E-state index contributed by atoms with van der Waals surface area (Å²) >= 11 is 0. The number of piperidine rings is 1. The molecule has 2 unspecified atom stereocenters. The van der Waals surface area contributed by atoms with Crippen LogP contribution in [0.5, 0.6) is 0 Å². The molecule has 2 saturated heterocycles. The van der Waals surface area contributed by atoms with Crippen molar-refractivity contribution in [3.05, 3.63) is 35.4 Å². The highest BCUT2D eigenvalue weighted by Gasteiger charge is 2.45. The second-order valence-corrected chi connectivity index (χ2v) is 8.58. The van der Waals surface area contributed by atoms with Crippen LogP contribution in [0.4, 0.5) is 0 Å². The highest BCUT2D eigenvalue weighted by Crippen LogP contribution is 2.37. The number of benzene rings is 1. The van der Waals surface area contributed by atoms with Crippen LogP contribution in [-0.2, 0) is 14.8 Å². The number of carbonyl (C=O) groups excluding carboxylic acids is 2. The molecule has 0 radical (unpaired) electrons. The summed E-state index contributed by atoms with van der Waals surface area (Å²) in [6.45, 7) is 0. The van der Waals surface area contributed by atoms with Crippen LogP contribution in [0.3, 0.4) is 0 Å². The molecule has 0 spiro atoms. The van der Waals surface area contributed by atoms with E-state index in [0.717, 1.165) is 12.8 Å². The number of fused-ring (bicyclic) bond motifs is 2. The number of esters is 1. The molecule has 1 amide bonds. The van der Waals surface area contributed by atoms with Crippen molar-refractivity contribution in [3.63, 3.8) is 0 Å². The molecule has 7 nitrogen and oxygen atoms in total. The molecule has 1 aromatic carbocycles. The maximum absolute atomic E-state index is 12.4. The monoisotopic (exact) mass is 366 g/mol. The molecule has 136 valence electrons. The largest absolute Gasteiger partial charge is 0.465 e. The van der Waals surface area contributed by atoms with Crippen LogP contribution >= 0.6 is 0 Å². The van der Waals surface area contributed by atoms with Gasteiger partial charge in [0.1, 0.15) is 0 Å². The fourth-order valence-corrected chi connectivity index (χ4v) is 5.40. The maximum atomic E-state index is 12.4. The van der Waals surface area contributed by atoms with Gasteiger partial charge in [0.05, 0.1) is 18.9 Å². The van der Waals surface area contributed by atoms with E-state index in [-0.39, 0.29) is 24.0 Å². The molecule has 2 fully saturated rings. The van der Waals surface area contributed by atoms with Gasteiger partial charge in [-0.3, -0.25) is 4.79 Å². The van der Waals surface area contributed by atoms with Crippen LogP contribution in [-0.4, -0.2) is 56.1 Å². The Morgan fingerprint density at radius 2 is 1.60 bits per heavy atom. The molecule has 0 aromatic heterocycles. The lowest BCUT2D eigenvalue weighted by Crippen LogP contribution is -2.52. The van der Waals surface area contributed by atoms with Gasteiger partial charge >= 0.3 is 5.97 Å². The molecule has 0 saturated carbocycles. The summed E-state index contributed by atoms with van der Waals surface area (Å²) in [5, 5.41) is 2.99. The third-order valence-electron chi connectivity index (χ3n) is 4.95. The number of sulfonamides is 1. The third kappa shape index (κ3) is 3.69. The van der Waals surface area contributed by atoms with Crippen molar-refractivity contribution in [3.8, 4) is 0 Å². The number of carbonyl (C=O) groups is 2. The molecule has 2 heterocycles. The summed E-state index contributed by atoms with van der Waals surface area (Å²) in [5.41, 5.74) is 0.851. The molecule has 1 N–H and O–H groups in total. The lowest BCUT2D eigenvalue weighted by molar-refractivity contribution is 0.0600. The summed E-state index contributed by atoms with van der Waals surface area (Å²) in [4.78, 5) is 23.8. The lowest BCUT2D eigenvalue weighted by Gasteiger charge is -2.37. The van der Waals surface area contributed by atoms with E-state index in [1.807, 2.05) is 0 Å². The van der Waals surface area contributed by atoms with Gasteiger partial charge < -0.3 is 10.1 Å². The predicted molar refractivity (Wildman–Crippen MR) is 91.8 cm³/mol.